The van der Waals surface area contributed by atoms with Crippen molar-refractivity contribution in [3.63, 3.8) is 0 Å². The van der Waals surface area contributed by atoms with E-state index in [0.29, 0.717) is 5.02 Å². The zero-order valence-electron chi connectivity index (χ0n) is 11.2. The SMILES string of the molecule is CCN(c1ccccc1)C(C)c1cc(Cl)ccc1O. The van der Waals surface area contributed by atoms with E-state index >= 15 is 0 Å². The maximum atomic E-state index is 10.0. The predicted octanol–water partition coefficient (Wildman–Crippen LogP) is 4.63. The fourth-order valence-corrected chi connectivity index (χ4v) is 2.51. The highest BCUT2D eigenvalue weighted by molar-refractivity contribution is 6.30. The molecule has 0 heterocycles. The van der Waals surface area contributed by atoms with Gasteiger partial charge in [-0.2, -0.15) is 0 Å². The molecule has 1 atom stereocenters. The number of rotatable bonds is 4. The largest absolute Gasteiger partial charge is 0.508 e. The second-order valence-corrected chi connectivity index (χ2v) is 4.94. The number of phenols is 1. The molecule has 0 aliphatic heterocycles. The standard InChI is InChI=1S/C16H18ClNO/c1-3-18(14-7-5-4-6-8-14)12(2)15-11-13(17)9-10-16(15)19/h4-12,19H,3H2,1-2H3. The summed E-state index contributed by atoms with van der Waals surface area (Å²) in [6.07, 6.45) is 0. The van der Waals surface area contributed by atoms with Crippen LogP contribution in [-0.4, -0.2) is 11.7 Å². The van der Waals surface area contributed by atoms with Gasteiger partial charge >= 0.3 is 0 Å². The van der Waals surface area contributed by atoms with Crippen molar-refractivity contribution in [3.8, 4) is 5.75 Å². The smallest absolute Gasteiger partial charge is 0.120 e. The molecule has 2 aromatic carbocycles. The van der Waals surface area contributed by atoms with Crippen molar-refractivity contribution in [1.29, 1.82) is 0 Å². The average Bonchev–Trinajstić information content (AvgIpc) is 2.43. The summed E-state index contributed by atoms with van der Waals surface area (Å²) < 4.78 is 0. The molecule has 0 fully saturated rings. The van der Waals surface area contributed by atoms with Crippen molar-refractivity contribution in [2.75, 3.05) is 11.4 Å². The quantitative estimate of drug-likeness (QED) is 0.879. The third-order valence-electron chi connectivity index (χ3n) is 3.34. The third kappa shape index (κ3) is 3.02. The molecule has 0 radical (unpaired) electrons. The lowest BCUT2D eigenvalue weighted by Gasteiger charge is -2.31. The van der Waals surface area contributed by atoms with Crippen LogP contribution in [0, 0.1) is 0 Å². The van der Waals surface area contributed by atoms with Crippen molar-refractivity contribution in [2.45, 2.75) is 19.9 Å². The summed E-state index contributed by atoms with van der Waals surface area (Å²) in [6, 6.07) is 15.4. The lowest BCUT2D eigenvalue weighted by atomic mass is 10.0. The lowest BCUT2D eigenvalue weighted by molar-refractivity contribution is 0.461. The van der Waals surface area contributed by atoms with Gasteiger partial charge in [-0.3, -0.25) is 0 Å². The first-order chi connectivity index (χ1) is 9.13. The first kappa shape index (κ1) is 13.8. The van der Waals surface area contributed by atoms with Gasteiger partial charge in [-0.05, 0) is 44.2 Å². The first-order valence-corrected chi connectivity index (χ1v) is 6.81. The van der Waals surface area contributed by atoms with E-state index in [0.717, 1.165) is 17.8 Å². The Bertz CT molecular complexity index is 542. The van der Waals surface area contributed by atoms with Gasteiger partial charge in [0.15, 0.2) is 0 Å². The second kappa shape index (κ2) is 5.98. The fraction of sp³-hybridized carbons (Fsp3) is 0.250. The van der Waals surface area contributed by atoms with Crippen LogP contribution in [-0.2, 0) is 0 Å². The minimum absolute atomic E-state index is 0.0612. The molecule has 0 bridgehead atoms. The Morgan fingerprint density at radius 3 is 2.47 bits per heavy atom. The highest BCUT2D eigenvalue weighted by Crippen LogP contribution is 2.33. The molecule has 2 aromatic rings. The molecule has 0 saturated heterocycles. The lowest BCUT2D eigenvalue weighted by Crippen LogP contribution is -2.26. The molecule has 0 spiro atoms. The molecule has 100 valence electrons. The molecular weight excluding hydrogens is 258 g/mol. The monoisotopic (exact) mass is 275 g/mol. The van der Waals surface area contributed by atoms with Crippen LogP contribution in [0.3, 0.4) is 0 Å². The molecule has 2 nitrogen and oxygen atoms in total. The molecule has 3 heteroatoms. The molecular formula is C16H18ClNO. The van der Waals surface area contributed by atoms with Gasteiger partial charge in [0, 0.05) is 22.8 Å². The fourth-order valence-electron chi connectivity index (χ4n) is 2.33. The maximum absolute atomic E-state index is 10.0. The molecule has 0 aromatic heterocycles. The van der Waals surface area contributed by atoms with E-state index in [9.17, 15) is 5.11 Å². The molecule has 1 N–H and O–H groups in total. The Morgan fingerprint density at radius 2 is 1.84 bits per heavy atom. The van der Waals surface area contributed by atoms with Crippen LogP contribution in [0.25, 0.3) is 0 Å². The Labute approximate surface area is 119 Å². The molecule has 2 rings (SSSR count). The number of hydrogen-bond acceptors (Lipinski definition) is 2. The van der Waals surface area contributed by atoms with Crippen molar-refractivity contribution in [1.82, 2.24) is 0 Å². The first-order valence-electron chi connectivity index (χ1n) is 6.43. The van der Waals surface area contributed by atoms with Crippen LogP contribution in [0.1, 0.15) is 25.5 Å². The number of anilines is 1. The summed E-state index contributed by atoms with van der Waals surface area (Å²) in [7, 11) is 0. The molecule has 19 heavy (non-hydrogen) atoms. The van der Waals surface area contributed by atoms with Crippen LogP contribution in [0.15, 0.2) is 48.5 Å². The number of phenolic OH excluding ortho intramolecular Hbond substituents is 1. The molecule has 0 saturated carbocycles. The number of halogens is 1. The van der Waals surface area contributed by atoms with E-state index in [2.05, 4.69) is 30.9 Å². The van der Waals surface area contributed by atoms with E-state index in [4.69, 9.17) is 11.6 Å². The minimum Gasteiger partial charge on any atom is -0.508 e. The van der Waals surface area contributed by atoms with Crippen molar-refractivity contribution in [2.24, 2.45) is 0 Å². The second-order valence-electron chi connectivity index (χ2n) is 4.50. The number of nitrogens with zero attached hydrogens (tertiary/aromatic N) is 1. The van der Waals surface area contributed by atoms with Crippen LogP contribution >= 0.6 is 11.6 Å². The van der Waals surface area contributed by atoms with Gasteiger partial charge in [0.05, 0.1) is 6.04 Å². The van der Waals surface area contributed by atoms with E-state index in [-0.39, 0.29) is 11.8 Å². The topological polar surface area (TPSA) is 23.5 Å². The summed E-state index contributed by atoms with van der Waals surface area (Å²) in [5, 5.41) is 10.7. The van der Waals surface area contributed by atoms with Gasteiger partial charge in [-0.1, -0.05) is 29.8 Å². The summed E-state index contributed by atoms with van der Waals surface area (Å²) in [6.45, 7) is 5.03. The van der Waals surface area contributed by atoms with E-state index in [1.165, 1.54) is 0 Å². The van der Waals surface area contributed by atoms with Crippen molar-refractivity contribution < 1.29 is 5.11 Å². The van der Waals surface area contributed by atoms with Gasteiger partial charge < -0.3 is 10.0 Å². The van der Waals surface area contributed by atoms with Crippen LogP contribution in [0.4, 0.5) is 5.69 Å². The number of hydrogen-bond donors (Lipinski definition) is 1. The molecule has 0 amide bonds. The number of para-hydroxylation sites is 1. The predicted molar refractivity (Wildman–Crippen MR) is 81.0 cm³/mol. The Hall–Kier alpha value is -1.67. The summed E-state index contributed by atoms with van der Waals surface area (Å²) in [4.78, 5) is 2.23. The Balaban J connectivity index is 2.36. The Kier molecular flexibility index (Phi) is 4.33. The summed E-state index contributed by atoms with van der Waals surface area (Å²) in [5.74, 6) is 0.284. The van der Waals surface area contributed by atoms with Crippen molar-refractivity contribution >= 4 is 17.3 Å². The minimum atomic E-state index is 0.0612. The van der Waals surface area contributed by atoms with Gasteiger partial charge in [0.2, 0.25) is 0 Å². The normalized spacial score (nSPS) is 12.2. The highest BCUT2D eigenvalue weighted by Gasteiger charge is 2.18. The maximum Gasteiger partial charge on any atom is 0.120 e. The highest BCUT2D eigenvalue weighted by atomic mass is 35.5. The summed E-state index contributed by atoms with van der Waals surface area (Å²) in [5.41, 5.74) is 1.98. The third-order valence-corrected chi connectivity index (χ3v) is 3.57. The van der Waals surface area contributed by atoms with Gasteiger partial charge in [0.25, 0.3) is 0 Å². The summed E-state index contributed by atoms with van der Waals surface area (Å²) >= 11 is 6.03. The zero-order valence-corrected chi connectivity index (χ0v) is 11.9. The number of benzene rings is 2. The van der Waals surface area contributed by atoms with Crippen molar-refractivity contribution in [3.05, 3.63) is 59.1 Å². The van der Waals surface area contributed by atoms with E-state index in [1.54, 1.807) is 12.1 Å². The molecule has 0 aliphatic rings. The van der Waals surface area contributed by atoms with Crippen LogP contribution < -0.4 is 4.90 Å². The van der Waals surface area contributed by atoms with Gasteiger partial charge in [-0.25, -0.2) is 0 Å². The molecule has 1 unspecified atom stereocenters. The zero-order chi connectivity index (χ0) is 13.8. The number of aromatic hydroxyl groups is 1. The van der Waals surface area contributed by atoms with E-state index < -0.39 is 0 Å². The molecule has 0 aliphatic carbocycles. The Morgan fingerprint density at radius 1 is 1.16 bits per heavy atom. The van der Waals surface area contributed by atoms with Crippen LogP contribution in [0.5, 0.6) is 5.75 Å². The average molecular weight is 276 g/mol. The van der Waals surface area contributed by atoms with E-state index in [1.807, 2.05) is 24.3 Å². The van der Waals surface area contributed by atoms with Crippen LogP contribution in [0.2, 0.25) is 5.02 Å². The van der Waals surface area contributed by atoms with Gasteiger partial charge in [-0.15, -0.1) is 0 Å². The van der Waals surface area contributed by atoms with Gasteiger partial charge in [0.1, 0.15) is 5.75 Å².